The molecule has 4 rings (SSSR count). The first-order valence-corrected chi connectivity index (χ1v) is 8.30. The molecule has 4 aromatic rings. The third-order valence-electron chi connectivity index (χ3n) is 4.11. The highest BCUT2D eigenvalue weighted by molar-refractivity contribution is 5.94. The van der Waals surface area contributed by atoms with Gasteiger partial charge in [0, 0.05) is 48.5 Å². The summed E-state index contributed by atoms with van der Waals surface area (Å²) in [4.78, 5) is 24.7. The lowest BCUT2D eigenvalue weighted by atomic mass is 9.99. The number of nitrogens with two attached hydrogens (primary N) is 1. The van der Waals surface area contributed by atoms with Crippen molar-refractivity contribution in [3.8, 4) is 33.8 Å². The molecule has 4 aromatic heterocycles. The van der Waals surface area contributed by atoms with E-state index in [1.807, 2.05) is 49.6 Å². The Morgan fingerprint density at radius 1 is 1.00 bits per heavy atom. The molecule has 0 spiro atoms. The fourth-order valence-corrected chi connectivity index (χ4v) is 2.91. The van der Waals surface area contributed by atoms with Crippen molar-refractivity contribution in [2.24, 2.45) is 12.8 Å². The van der Waals surface area contributed by atoms with Gasteiger partial charge in [-0.15, -0.1) is 0 Å². The molecule has 4 heterocycles. The molecule has 0 saturated heterocycles. The summed E-state index contributed by atoms with van der Waals surface area (Å²) >= 11 is 0. The monoisotopic (exact) mass is 356 g/mol. The van der Waals surface area contributed by atoms with Gasteiger partial charge < -0.3 is 5.73 Å². The summed E-state index contributed by atoms with van der Waals surface area (Å²) in [6.07, 6.45) is 7.02. The van der Waals surface area contributed by atoms with E-state index in [0.29, 0.717) is 5.69 Å². The van der Waals surface area contributed by atoms with E-state index in [0.717, 1.165) is 28.1 Å². The standard InChI is InChI=1S/C20H16N6O/c1-26-12-15(19(25-26)16-6-2-3-10-23-16)14-7-8-17(20(21)27)24-18(14)13-5-4-9-22-11-13/h2-12H,1H3,(H2,21,27). The molecule has 0 unspecified atom stereocenters. The van der Waals surface area contributed by atoms with E-state index in [1.165, 1.54) is 0 Å². The van der Waals surface area contributed by atoms with Crippen LogP contribution in [0.5, 0.6) is 0 Å². The summed E-state index contributed by atoms with van der Waals surface area (Å²) in [5, 5.41) is 4.57. The summed E-state index contributed by atoms with van der Waals surface area (Å²) in [7, 11) is 1.85. The molecule has 0 aliphatic carbocycles. The van der Waals surface area contributed by atoms with Crippen LogP contribution in [0.1, 0.15) is 10.5 Å². The molecule has 0 radical (unpaired) electrons. The minimum atomic E-state index is -0.581. The number of carbonyl (C=O) groups is 1. The third kappa shape index (κ3) is 3.18. The van der Waals surface area contributed by atoms with Crippen molar-refractivity contribution < 1.29 is 4.79 Å². The van der Waals surface area contributed by atoms with E-state index in [2.05, 4.69) is 20.1 Å². The predicted molar refractivity (Wildman–Crippen MR) is 101 cm³/mol. The van der Waals surface area contributed by atoms with Crippen molar-refractivity contribution in [1.82, 2.24) is 24.7 Å². The van der Waals surface area contributed by atoms with Crippen molar-refractivity contribution >= 4 is 5.91 Å². The minimum absolute atomic E-state index is 0.195. The molecule has 0 atom stereocenters. The Kier molecular flexibility index (Phi) is 4.18. The van der Waals surface area contributed by atoms with Gasteiger partial charge in [-0.25, -0.2) is 4.98 Å². The number of hydrogen-bond acceptors (Lipinski definition) is 5. The molecule has 0 aliphatic heterocycles. The molecule has 132 valence electrons. The van der Waals surface area contributed by atoms with Crippen LogP contribution in [0.2, 0.25) is 0 Å². The van der Waals surface area contributed by atoms with Crippen LogP contribution >= 0.6 is 0 Å². The summed E-state index contributed by atoms with van der Waals surface area (Å²) < 4.78 is 1.73. The molecular weight excluding hydrogens is 340 g/mol. The molecule has 0 bridgehead atoms. The van der Waals surface area contributed by atoms with Gasteiger partial charge in [-0.05, 0) is 36.4 Å². The third-order valence-corrected chi connectivity index (χ3v) is 4.11. The molecule has 27 heavy (non-hydrogen) atoms. The van der Waals surface area contributed by atoms with Crippen LogP contribution in [0.3, 0.4) is 0 Å². The van der Waals surface area contributed by atoms with Crippen LogP contribution in [0.4, 0.5) is 0 Å². The van der Waals surface area contributed by atoms with Gasteiger partial charge in [0.25, 0.3) is 5.91 Å². The van der Waals surface area contributed by atoms with E-state index in [4.69, 9.17) is 5.73 Å². The van der Waals surface area contributed by atoms with Crippen molar-refractivity contribution in [1.29, 1.82) is 0 Å². The van der Waals surface area contributed by atoms with Crippen LogP contribution < -0.4 is 5.73 Å². The maximum absolute atomic E-state index is 11.6. The summed E-state index contributed by atoms with van der Waals surface area (Å²) in [5.74, 6) is -0.581. The second-order valence-corrected chi connectivity index (χ2v) is 5.98. The van der Waals surface area contributed by atoms with Gasteiger partial charge in [0.1, 0.15) is 11.4 Å². The molecule has 2 N–H and O–H groups in total. The van der Waals surface area contributed by atoms with Gasteiger partial charge in [-0.2, -0.15) is 5.10 Å². The summed E-state index contributed by atoms with van der Waals surface area (Å²) in [5.41, 5.74) is 10.2. The molecule has 0 aromatic carbocycles. The highest BCUT2D eigenvalue weighted by Gasteiger charge is 2.19. The number of amides is 1. The lowest BCUT2D eigenvalue weighted by Gasteiger charge is -2.10. The average molecular weight is 356 g/mol. The molecule has 0 aliphatic rings. The number of hydrogen-bond donors (Lipinski definition) is 1. The van der Waals surface area contributed by atoms with Crippen molar-refractivity contribution in [2.45, 2.75) is 0 Å². The van der Waals surface area contributed by atoms with Crippen LogP contribution in [0, 0.1) is 0 Å². The lowest BCUT2D eigenvalue weighted by molar-refractivity contribution is 0.0995. The van der Waals surface area contributed by atoms with Gasteiger partial charge in [0.15, 0.2) is 0 Å². The molecule has 1 amide bonds. The first kappa shape index (κ1) is 16.6. The molecule has 0 fully saturated rings. The fraction of sp³-hybridized carbons (Fsp3) is 0.0500. The van der Waals surface area contributed by atoms with Gasteiger partial charge >= 0.3 is 0 Å². The zero-order valence-electron chi connectivity index (χ0n) is 14.6. The Bertz CT molecular complexity index is 1110. The average Bonchev–Trinajstić information content (AvgIpc) is 3.10. The lowest BCUT2D eigenvalue weighted by Crippen LogP contribution is -2.13. The zero-order valence-corrected chi connectivity index (χ0v) is 14.6. The number of nitrogens with zero attached hydrogens (tertiary/aromatic N) is 5. The second kappa shape index (κ2) is 6.80. The van der Waals surface area contributed by atoms with E-state index in [9.17, 15) is 4.79 Å². The van der Waals surface area contributed by atoms with Gasteiger partial charge in [-0.3, -0.25) is 19.4 Å². The van der Waals surface area contributed by atoms with E-state index < -0.39 is 5.91 Å². The number of rotatable bonds is 4. The molecule has 7 heteroatoms. The maximum Gasteiger partial charge on any atom is 0.267 e. The Hall–Kier alpha value is -3.87. The summed E-state index contributed by atoms with van der Waals surface area (Å²) in [6, 6.07) is 12.8. The van der Waals surface area contributed by atoms with Crippen LogP contribution in [0.15, 0.2) is 67.3 Å². The smallest absolute Gasteiger partial charge is 0.267 e. The van der Waals surface area contributed by atoms with E-state index in [-0.39, 0.29) is 5.69 Å². The normalized spacial score (nSPS) is 10.7. The first-order chi connectivity index (χ1) is 13.1. The molecule has 0 saturated carbocycles. The van der Waals surface area contributed by atoms with Gasteiger partial charge in [0.05, 0.1) is 11.4 Å². The Balaban J connectivity index is 1.97. The quantitative estimate of drug-likeness (QED) is 0.606. The number of carbonyl (C=O) groups excluding carboxylic acids is 1. The zero-order chi connectivity index (χ0) is 18.8. The number of aryl methyl sites for hydroxylation is 1. The fourth-order valence-electron chi connectivity index (χ4n) is 2.91. The SMILES string of the molecule is Cn1cc(-c2ccc(C(N)=O)nc2-c2cccnc2)c(-c2ccccn2)n1. The van der Waals surface area contributed by atoms with Crippen LogP contribution in [-0.2, 0) is 7.05 Å². The van der Waals surface area contributed by atoms with Crippen molar-refractivity contribution in [3.05, 3.63) is 72.9 Å². The minimum Gasteiger partial charge on any atom is -0.364 e. The van der Waals surface area contributed by atoms with E-state index in [1.54, 1.807) is 29.3 Å². The number of primary amides is 1. The maximum atomic E-state index is 11.6. The Morgan fingerprint density at radius 2 is 1.89 bits per heavy atom. The topological polar surface area (TPSA) is 99.6 Å². The Labute approximate surface area is 155 Å². The van der Waals surface area contributed by atoms with Gasteiger partial charge in [0.2, 0.25) is 0 Å². The van der Waals surface area contributed by atoms with Crippen LogP contribution in [0.25, 0.3) is 33.8 Å². The molecular formula is C20H16N6O. The van der Waals surface area contributed by atoms with Crippen molar-refractivity contribution in [3.63, 3.8) is 0 Å². The van der Waals surface area contributed by atoms with Gasteiger partial charge in [-0.1, -0.05) is 6.07 Å². The second-order valence-electron chi connectivity index (χ2n) is 5.98. The highest BCUT2D eigenvalue weighted by Crippen LogP contribution is 2.35. The first-order valence-electron chi connectivity index (χ1n) is 8.30. The highest BCUT2D eigenvalue weighted by atomic mass is 16.1. The molecule has 7 nitrogen and oxygen atoms in total. The summed E-state index contributed by atoms with van der Waals surface area (Å²) in [6.45, 7) is 0. The number of aromatic nitrogens is 5. The van der Waals surface area contributed by atoms with Crippen molar-refractivity contribution in [2.75, 3.05) is 0 Å². The largest absolute Gasteiger partial charge is 0.364 e. The van der Waals surface area contributed by atoms with E-state index >= 15 is 0 Å². The van der Waals surface area contributed by atoms with Crippen LogP contribution in [-0.4, -0.2) is 30.6 Å². The Morgan fingerprint density at radius 3 is 2.59 bits per heavy atom. The predicted octanol–water partition coefficient (Wildman–Crippen LogP) is 2.71. The number of pyridine rings is 3.